The van der Waals surface area contributed by atoms with Crippen molar-refractivity contribution in [3.8, 4) is 16.9 Å². The molecule has 0 spiro atoms. The van der Waals surface area contributed by atoms with Crippen LogP contribution in [0.2, 0.25) is 0 Å². The predicted molar refractivity (Wildman–Crippen MR) is 157 cm³/mol. The van der Waals surface area contributed by atoms with Crippen LogP contribution in [-0.4, -0.2) is 44.5 Å². The van der Waals surface area contributed by atoms with E-state index in [1.165, 1.54) is 16.5 Å². The van der Waals surface area contributed by atoms with E-state index in [1.54, 1.807) is 24.3 Å². The fraction of sp³-hybridized carbons (Fsp3) is 0.172. The van der Waals surface area contributed by atoms with E-state index in [4.69, 9.17) is 4.74 Å². The lowest BCUT2D eigenvalue weighted by atomic mass is 10.0. The van der Waals surface area contributed by atoms with Gasteiger partial charge in [0.1, 0.15) is 12.4 Å². The minimum atomic E-state index is -3.37. The molecule has 0 saturated heterocycles. The number of aromatic amines is 1. The lowest BCUT2D eigenvalue weighted by Gasteiger charge is -2.14. The van der Waals surface area contributed by atoms with Crippen molar-refractivity contribution in [2.24, 2.45) is 0 Å². The molecule has 0 amide bonds. The summed E-state index contributed by atoms with van der Waals surface area (Å²) in [6.45, 7) is 1.30. The second kappa shape index (κ2) is 11.9. The number of H-pyrrole nitrogens is 1. The molecule has 0 aliphatic heterocycles. The number of aliphatic hydroxyl groups excluding tert-OH is 1. The van der Waals surface area contributed by atoms with E-state index in [0.29, 0.717) is 30.9 Å². The van der Waals surface area contributed by atoms with Gasteiger partial charge in [-0.2, -0.15) is 0 Å². The number of anilines is 1. The summed E-state index contributed by atoms with van der Waals surface area (Å²) < 4.78 is 31.2. The van der Waals surface area contributed by atoms with Gasteiger partial charge in [-0.3, -0.25) is 4.72 Å². The van der Waals surface area contributed by atoms with Crippen LogP contribution in [0.3, 0.4) is 0 Å². The molecule has 0 fully saturated rings. The van der Waals surface area contributed by atoms with Crippen molar-refractivity contribution < 1.29 is 18.3 Å². The van der Waals surface area contributed by atoms with Crippen molar-refractivity contribution >= 4 is 49.9 Å². The van der Waals surface area contributed by atoms with Gasteiger partial charge in [0.15, 0.2) is 0 Å². The van der Waals surface area contributed by atoms with Gasteiger partial charge in [0, 0.05) is 41.1 Å². The monoisotopic (exact) mass is 551 g/mol. The van der Waals surface area contributed by atoms with E-state index >= 15 is 0 Å². The van der Waals surface area contributed by atoms with E-state index in [2.05, 4.69) is 51.4 Å². The largest absolute Gasteiger partial charge is 0.492 e. The summed E-state index contributed by atoms with van der Waals surface area (Å²) in [5, 5.41) is 16.0. The smallest absolute Gasteiger partial charge is 0.229 e. The topological polar surface area (TPSA) is 103 Å². The summed E-state index contributed by atoms with van der Waals surface area (Å²) in [4.78, 5) is 3.51. The van der Waals surface area contributed by atoms with Crippen molar-refractivity contribution in [1.29, 1.82) is 0 Å². The zero-order valence-electron chi connectivity index (χ0n) is 20.8. The first kappa shape index (κ1) is 27.5. The number of nitrogens with one attached hydrogen (secondary N) is 3. The molecule has 4 aromatic carbocycles. The second-order valence-electron chi connectivity index (χ2n) is 9.03. The summed E-state index contributed by atoms with van der Waals surface area (Å²) in [6.07, 6.45) is 0.319. The molecular weight excluding hydrogens is 522 g/mol. The number of aliphatic hydroxyl groups is 1. The standard InChI is InChI=1S/C29H29N3O4S.ClH/c1-37(34,35)32-23-9-5-8-22(16-23)29(33)19-30-14-15-36-24-11-13-26-25-12-10-21(20-6-3-2-4-7-20)17-27(25)31-28(26)18-24;/h2-13,16-18,29-33H,14-15,19H2,1H3;1H/t29-;/m0./s1. The predicted octanol–water partition coefficient (Wildman–Crippen LogP) is 5.48. The Balaban J connectivity index is 0.00000336. The minimum Gasteiger partial charge on any atom is -0.492 e. The Hall–Kier alpha value is -3.56. The number of hydrogen-bond acceptors (Lipinski definition) is 5. The third kappa shape index (κ3) is 6.65. The van der Waals surface area contributed by atoms with Crippen LogP contribution in [0.5, 0.6) is 5.75 Å². The molecule has 0 aliphatic carbocycles. The van der Waals surface area contributed by atoms with E-state index in [0.717, 1.165) is 28.4 Å². The number of aromatic nitrogens is 1. The Bertz CT molecular complexity index is 1640. The molecule has 4 N–H and O–H groups in total. The van der Waals surface area contributed by atoms with Crippen LogP contribution in [0.25, 0.3) is 32.9 Å². The van der Waals surface area contributed by atoms with Gasteiger partial charge in [0.05, 0.1) is 17.9 Å². The van der Waals surface area contributed by atoms with Crippen LogP contribution >= 0.6 is 12.4 Å². The molecule has 0 bridgehead atoms. The Kier molecular flexibility index (Phi) is 8.58. The first-order valence-electron chi connectivity index (χ1n) is 12.1. The van der Waals surface area contributed by atoms with Gasteiger partial charge < -0.3 is 20.1 Å². The van der Waals surface area contributed by atoms with E-state index in [9.17, 15) is 13.5 Å². The van der Waals surface area contributed by atoms with Gasteiger partial charge in [-0.1, -0.05) is 54.6 Å². The lowest BCUT2D eigenvalue weighted by molar-refractivity contribution is 0.172. The summed E-state index contributed by atoms with van der Waals surface area (Å²) in [5.41, 5.74) is 5.50. The van der Waals surface area contributed by atoms with Gasteiger partial charge in [-0.15, -0.1) is 12.4 Å². The number of fused-ring (bicyclic) bond motifs is 3. The summed E-state index contributed by atoms with van der Waals surface area (Å²) in [6, 6.07) is 29.6. The summed E-state index contributed by atoms with van der Waals surface area (Å²) in [7, 11) is -3.37. The molecule has 0 unspecified atom stereocenters. The molecule has 7 nitrogen and oxygen atoms in total. The normalized spacial score (nSPS) is 12.3. The maximum atomic E-state index is 11.4. The number of sulfonamides is 1. The highest BCUT2D eigenvalue weighted by molar-refractivity contribution is 7.92. The number of rotatable bonds is 10. The van der Waals surface area contributed by atoms with Crippen molar-refractivity contribution in [2.75, 3.05) is 30.7 Å². The number of benzene rings is 4. The molecule has 5 aromatic rings. The fourth-order valence-electron chi connectivity index (χ4n) is 4.41. The molecule has 1 atom stereocenters. The molecule has 0 radical (unpaired) electrons. The molecule has 1 aromatic heterocycles. The molecule has 38 heavy (non-hydrogen) atoms. The van der Waals surface area contributed by atoms with E-state index in [1.807, 2.05) is 30.3 Å². The second-order valence-corrected chi connectivity index (χ2v) is 10.8. The van der Waals surface area contributed by atoms with Gasteiger partial charge in [0.25, 0.3) is 0 Å². The zero-order valence-corrected chi connectivity index (χ0v) is 22.5. The van der Waals surface area contributed by atoms with Gasteiger partial charge in [0.2, 0.25) is 10.0 Å². The SMILES string of the molecule is CS(=O)(=O)Nc1cccc([C@@H](O)CNCCOc2ccc3c(c2)[nH]c2cc(-c4ccccc4)ccc23)c1.Cl. The maximum Gasteiger partial charge on any atom is 0.229 e. The Labute approximate surface area is 228 Å². The molecule has 9 heteroatoms. The first-order valence-corrected chi connectivity index (χ1v) is 14.0. The highest BCUT2D eigenvalue weighted by Crippen LogP contribution is 2.31. The Morgan fingerprint density at radius 2 is 1.61 bits per heavy atom. The first-order chi connectivity index (χ1) is 17.9. The molecule has 5 rings (SSSR count). The van der Waals surface area contributed by atoms with Gasteiger partial charge >= 0.3 is 0 Å². The van der Waals surface area contributed by atoms with Crippen LogP contribution in [0, 0.1) is 0 Å². The fourth-order valence-corrected chi connectivity index (χ4v) is 4.97. The Morgan fingerprint density at radius 1 is 0.868 bits per heavy atom. The van der Waals surface area contributed by atoms with Crippen LogP contribution in [0.4, 0.5) is 5.69 Å². The highest BCUT2D eigenvalue weighted by Gasteiger charge is 2.10. The molecule has 0 saturated carbocycles. The number of halogens is 1. The van der Waals surface area contributed by atoms with Crippen LogP contribution < -0.4 is 14.8 Å². The zero-order chi connectivity index (χ0) is 25.8. The van der Waals surface area contributed by atoms with Crippen molar-refractivity contribution in [3.05, 3.63) is 96.6 Å². The molecule has 1 heterocycles. The summed E-state index contributed by atoms with van der Waals surface area (Å²) >= 11 is 0. The molecule has 198 valence electrons. The van der Waals surface area contributed by atoms with Crippen molar-refractivity contribution in [2.45, 2.75) is 6.10 Å². The van der Waals surface area contributed by atoms with Crippen molar-refractivity contribution in [1.82, 2.24) is 10.3 Å². The third-order valence-electron chi connectivity index (χ3n) is 6.14. The molecular formula is C29H30ClN3O4S. The third-order valence-corrected chi connectivity index (χ3v) is 6.74. The highest BCUT2D eigenvalue weighted by atomic mass is 35.5. The summed E-state index contributed by atoms with van der Waals surface area (Å²) in [5.74, 6) is 0.768. The molecule has 0 aliphatic rings. The van der Waals surface area contributed by atoms with Crippen LogP contribution in [-0.2, 0) is 10.0 Å². The van der Waals surface area contributed by atoms with Crippen molar-refractivity contribution in [3.63, 3.8) is 0 Å². The van der Waals surface area contributed by atoms with Crippen LogP contribution in [0.1, 0.15) is 11.7 Å². The number of hydrogen-bond donors (Lipinski definition) is 4. The van der Waals surface area contributed by atoms with Gasteiger partial charge in [-0.25, -0.2) is 8.42 Å². The van der Waals surface area contributed by atoms with E-state index in [-0.39, 0.29) is 12.4 Å². The quantitative estimate of drug-likeness (QED) is 0.172. The number of ether oxygens (including phenoxy) is 1. The van der Waals surface area contributed by atoms with E-state index < -0.39 is 16.1 Å². The average molecular weight is 552 g/mol. The van der Waals surface area contributed by atoms with Crippen LogP contribution in [0.15, 0.2) is 91.0 Å². The lowest BCUT2D eigenvalue weighted by Crippen LogP contribution is -2.26. The maximum absolute atomic E-state index is 11.4. The Morgan fingerprint density at radius 3 is 2.37 bits per heavy atom. The van der Waals surface area contributed by atoms with Gasteiger partial charge in [-0.05, 0) is 47.0 Å². The average Bonchev–Trinajstić information content (AvgIpc) is 3.25. The minimum absolute atomic E-state index is 0.